The van der Waals surface area contributed by atoms with Crippen LogP contribution in [-0.2, 0) is 0 Å². The molecule has 3 nitrogen and oxygen atoms in total. The number of hydrogen-bond acceptors (Lipinski definition) is 4. The lowest BCUT2D eigenvalue weighted by Crippen LogP contribution is -2.19. The first-order chi connectivity index (χ1) is 7.34. The minimum atomic E-state index is 0.821. The first-order valence-electron chi connectivity index (χ1n) is 5.46. The fourth-order valence-corrected chi connectivity index (χ4v) is 2.96. The van der Waals surface area contributed by atoms with E-state index in [0.717, 1.165) is 24.1 Å². The van der Waals surface area contributed by atoms with E-state index in [1.54, 1.807) is 6.20 Å². The summed E-state index contributed by atoms with van der Waals surface area (Å²) in [4.78, 5) is 8.41. The first kappa shape index (κ1) is 10.7. The molecule has 2 heterocycles. The Bertz CT molecular complexity index is 310. The van der Waals surface area contributed by atoms with E-state index in [-0.39, 0.29) is 0 Å². The highest BCUT2D eigenvalue weighted by molar-refractivity contribution is 7.99. The van der Waals surface area contributed by atoms with Gasteiger partial charge in [-0.15, -0.1) is 0 Å². The summed E-state index contributed by atoms with van der Waals surface area (Å²) >= 11 is 2.07. The van der Waals surface area contributed by atoms with Crippen LogP contribution in [0.5, 0.6) is 0 Å². The van der Waals surface area contributed by atoms with Gasteiger partial charge in [0.2, 0.25) is 0 Å². The van der Waals surface area contributed by atoms with Crippen LogP contribution in [0.1, 0.15) is 18.7 Å². The lowest BCUT2D eigenvalue weighted by atomic mass is 10.0. The van der Waals surface area contributed by atoms with Crippen molar-refractivity contribution < 1.29 is 0 Å². The van der Waals surface area contributed by atoms with Gasteiger partial charge in [0.05, 0.1) is 0 Å². The van der Waals surface area contributed by atoms with E-state index in [2.05, 4.69) is 27.0 Å². The molecule has 0 aromatic carbocycles. The van der Waals surface area contributed by atoms with Crippen LogP contribution in [-0.4, -0.2) is 28.0 Å². The molecule has 4 heteroatoms. The monoisotopic (exact) mass is 223 g/mol. The van der Waals surface area contributed by atoms with Crippen LogP contribution in [0.4, 0.5) is 5.82 Å². The average molecular weight is 223 g/mol. The van der Waals surface area contributed by atoms with Crippen molar-refractivity contribution in [1.82, 2.24) is 9.97 Å². The highest BCUT2D eigenvalue weighted by atomic mass is 32.2. The zero-order valence-electron chi connectivity index (χ0n) is 9.07. The molecule has 0 atom stereocenters. The molecule has 0 spiro atoms. The second-order valence-electron chi connectivity index (χ2n) is 3.93. The lowest BCUT2D eigenvalue weighted by molar-refractivity contribution is 0.515. The van der Waals surface area contributed by atoms with Crippen molar-refractivity contribution in [3.05, 3.63) is 18.1 Å². The average Bonchev–Trinajstić information content (AvgIpc) is 2.28. The molecule has 1 aliphatic rings. The zero-order valence-corrected chi connectivity index (χ0v) is 9.89. The number of thioether (sulfide) groups is 1. The number of aromatic nitrogens is 2. The van der Waals surface area contributed by atoms with Crippen LogP contribution in [0.25, 0.3) is 0 Å². The molecule has 0 aliphatic carbocycles. The van der Waals surface area contributed by atoms with E-state index < -0.39 is 0 Å². The minimum Gasteiger partial charge on any atom is -0.370 e. The quantitative estimate of drug-likeness (QED) is 0.853. The van der Waals surface area contributed by atoms with Gasteiger partial charge in [-0.3, -0.25) is 0 Å². The Morgan fingerprint density at radius 2 is 2.27 bits per heavy atom. The molecular formula is C11H17N3S. The van der Waals surface area contributed by atoms with Crippen molar-refractivity contribution in [2.45, 2.75) is 19.8 Å². The topological polar surface area (TPSA) is 37.8 Å². The SMILES string of the molecule is Cc1nccc(NCC2CCSCC2)n1. The lowest BCUT2D eigenvalue weighted by Gasteiger charge is -2.21. The van der Waals surface area contributed by atoms with Crippen LogP contribution in [0, 0.1) is 12.8 Å². The summed E-state index contributed by atoms with van der Waals surface area (Å²) in [5.74, 6) is 5.24. The third kappa shape index (κ3) is 3.38. The fourth-order valence-electron chi connectivity index (χ4n) is 1.75. The van der Waals surface area contributed by atoms with E-state index in [4.69, 9.17) is 0 Å². The van der Waals surface area contributed by atoms with Crippen molar-refractivity contribution in [2.24, 2.45) is 5.92 Å². The summed E-state index contributed by atoms with van der Waals surface area (Å²) in [5.41, 5.74) is 0. The number of aryl methyl sites for hydroxylation is 1. The van der Waals surface area contributed by atoms with Crippen molar-refractivity contribution in [1.29, 1.82) is 0 Å². The molecule has 0 radical (unpaired) electrons. The molecule has 1 N–H and O–H groups in total. The molecule has 1 aliphatic heterocycles. The highest BCUT2D eigenvalue weighted by Gasteiger charge is 2.13. The van der Waals surface area contributed by atoms with E-state index in [1.165, 1.54) is 24.3 Å². The summed E-state index contributed by atoms with van der Waals surface area (Å²) in [6.45, 7) is 2.97. The van der Waals surface area contributed by atoms with Crippen molar-refractivity contribution in [3.8, 4) is 0 Å². The maximum absolute atomic E-state index is 4.33. The molecule has 82 valence electrons. The second kappa shape index (κ2) is 5.35. The van der Waals surface area contributed by atoms with Crippen molar-refractivity contribution in [3.63, 3.8) is 0 Å². The zero-order chi connectivity index (χ0) is 10.5. The normalized spacial score (nSPS) is 17.7. The maximum Gasteiger partial charge on any atom is 0.129 e. The maximum atomic E-state index is 4.33. The second-order valence-corrected chi connectivity index (χ2v) is 5.15. The van der Waals surface area contributed by atoms with E-state index in [1.807, 2.05) is 13.0 Å². The molecule has 1 fully saturated rings. The largest absolute Gasteiger partial charge is 0.370 e. The minimum absolute atomic E-state index is 0.821. The van der Waals surface area contributed by atoms with Crippen LogP contribution in [0.2, 0.25) is 0 Å². The predicted octanol–water partition coefficient (Wildman–Crippen LogP) is 2.34. The van der Waals surface area contributed by atoms with Gasteiger partial charge in [-0.05, 0) is 43.3 Å². The third-order valence-corrected chi connectivity index (χ3v) is 3.74. The standard InChI is InChI=1S/C11H17N3S/c1-9-12-5-2-11(14-9)13-8-10-3-6-15-7-4-10/h2,5,10H,3-4,6-8H2,1H3,(H,12,13,14). The molecule has 1 aromatic heterocycles. The Hall–Kier alpha value is -0.770. The van der Waals surface area contributed by atoms with Gasteiger partial charge in [0, 0.05) is 12.7 Å². The van der Waals surface area contributed by atoms with Crippen LogP contribution in [0.3, 0.4) is 0 Å². The van der Waals surface area contributed by atoms with Gasteiger partial charge in [0.1, 0.15) is 11.6 Å². The molecule has 0 bridgehead atoms. The van der Waals surface area contributed by atoms with E-state index >= 15 is 0 Å². The molecule has 15 heavy (non-hydrogen) atoms. The van der Waals surface area contributed by atoms with Crippen molar-refractivity contribution >= 4 is 17.6 Å². The number of nitrogens with one attached hydrogen (secondary N) is 1. The summed E-state index contributed by atoms with van der Waals surface area (Å²) in [6, 6.07) is 1.94. The Balaban J connectivity index is 1.81. The van der Waals surface area contributed by atoms with Gasteiger partial charge < -0.3 is 5.32 Å². The van der Waals surface area contributed by atoms with Gasteiger partial charge in [-0.25, -0.2) is 9.97 Å². The Morgan fingerprint density at radius 3 is 3.00 bits per heavy atom. The predicted molar refractivity (Wildman–Crippen MR) is 65.3 cm³/mol. The van der Waals surface area contributed by atoms with Gasteiger partial charge in [-0.2, -0.15) is 11.8 Å². The summed E-state index contributed by atoms with van der Waals surface area (Å²) in [7, 11) is 0. The molecule has 0 amide bonds. The van der Waals surface area contributed by atoms with Crippen LogP contribution < -0.4 is 5.32 Å². The van der Waals surface area contributed by atoms with Crippen molar-refractivity contribution in [2.75, 3.05) is 23.4 Å². The fraction of sp³-hybridized carbons (Fsp3) is 0.636. The Morgan fingerprint density at radius 1 is 1.47 bits per heavy atom. The van der Waals surface area contributed by atoms with Gasteiger partial charge in [-0.1, -0.05) is 0 Å². The first-order valence-corrected chi connectivity index (χ1v) is 6.61. The Kier molecular flexibility index (Phi) is 3.83. The third-order valence-electron chi connectivity index (χ3n) is 2.69. The number of anilines is 1. The highest BCUT2D eigenvalue weighted by Crippen LogP contribution is 2.22. The van der Waals surface area contributed by atoms with Crippen LogP contribution in [0.15, 0.2) is 12.3 Å². The molecule has 1 saturated heterocycles. The molecule has 0 unspecified atom stereocenters. The van der Waals surface area contributed by atoms with E-state index in [9.17, 15) is 0 Å². The summed E-state index contributed by atoms with van der Waals surface area (Å²) < 4.78 is 0. The summed E-state index contributed by atoms with van der Waals surface area (Å²) in [6.07, 6.45) is 4.48. The summed E-state index contributed by atoms with van der Waals surface area (Å²) in [5, 5.41) is 3.39. The van der Waals surface area contributed by atoms with E-state index in [0.29, 0.717) is 0 Å². The molecule has 0 saturated carbocycles. The van der Waals surface area contributed by atoms with Gasteiger partial charge in [0.15, 0.2) is 0 Å². The number of nitrogens with zero attached hydrogens (tertiary/aromatic N) is 2. The Labute approximate surface area is 95.1 Å². The number of rotatable bonds is 3. The smallest absolute Gasteiger partial charge is 0.129 e. The molecule has 1 aromatic rings. The van der Waals surface area contributed by atoms with Gasteiger partial charge >= 0.3 is 0 Å². The molecule has 2 rings (SSSR count). The van der Waals surface area contributed by atoms with Crippen LogP contribution >= 0.6 is 11.8 Å². The number of hydrogen-bond donors (Lipinski definition) is 1. The molecular weight excluding hydrogens is 206 g/mol. The van der Waals surface area contributed by atoms with Gasteiger partial charge in [0.25, 0.3) is 0 Å².